The summed E-state index contributed by atoms with van der Waals surface area (Å²) in [5.41, 5.74) is 2.82. The third-order valence-electron chi connectivity index (χ3n) is 2.38. The van der Waals surface area contributed by atoms with Gasteiger partial charge in [0.15, 0.2) is 0 Å². The predicted molar refractivity (Wildman–Crippen MR) is 69.8 cm³/mol. The number of nitrogens with one attached hydrogen (secondary N) is 1. The molecule has 0 aliphatic carbocycles. The average Bonchev–Trinajstić information content (AvgIpc) is 2.32. The molecular formula is C14H19NO2. The SMILES string of the molecule is CCOC(=O)/C(=C/Nc1ccc(C)cc1)CC. The van der Waals surface area contributed by atoms with Crippen molar-refractivity contribution in [1.82, 2.24) is 0 Å². The van der Waals surface area contributed by atoms with Gasteiger partial charge in [0.05, 0.1) is 12.2 Å². The quantitative estimate of drug-likeness (QED) is 0.626. The molecule has 0 unspecified atom stereocenters. The van der Waals surface area contributed by atoms with Crippen molar-refractivity contribution in [3.05, 3.63) is 41.6 Å². The van der Waals surface area contributed by atoms with E-state index >= 15 is 0 Å². The van der Waals surface area contributed by atoms with E-state index in [1.54, 1.807) is 13.1 Å². The van der Waals surface area contributed by atoms with E-state index in [0.29, 0.717) is 18.6 Å². The van der Waals surface area contributed by atoms with E-state index < -0.39 is 0 Å². The molecule has 0 spiro atoms. The van der Waals surface area contributed by atoms with E-state index in [1.807, 2.05) is 38.1 Å². The van der Waals surface area contributed by atoms with Crippen LogP contribution in [0.25, 0.3) is 0 Å². The highest BCUT2D eigenvalue weighted by molar-refractivity contribution is 5.88. The van der Waals surface area contributed by atoms with E-state index in [-0.39, 0.29) is 5.97 Å². The fraction of sp³-hybridized carbons (Fsp3) is 0.357. The lowest BCUT2D eigenvalue weighted by molar-refractivity contribution is -0.138. The summed E-state index contributed by atoms with van der Waals surface area (Å²) in [6.07, 6.45) is 2.36. The zero-order chi connectivity index (χ0) is 12.7. The minimum atomic E-state index is -0.255. The number of hydrogen-bond acceptors (Lipinski definition) is 3. The molecule has 17 heavy (non-hydrogen) atoms. The molecule has 0 amide bonds. The fourth-order valence-corrected chi connectivity index (χ4v) is 1.35. The lowest BCUT2D eigenvalue weighted by Crippen LogP contribution is -2.08. The molecule has 1 aromatic rings. The van der Waals surface area contributed by atoms with Gasteiger partial charge in [-0.25, -0.2) is 4.79 Å². The number of aryl methyl sites for hydroxylation is 1. The number of carbonyl (C=O) groups is 1. The van der Waals surface area contributed by atoms with Crippen LogP contribution in [0.3, 0.4) is 0 Å². The Morgan fingerprint density at radius 3 is 2.47 bits per heavy atom. The van der Waals surface area contributed by atoms with Crippen molar-refractivity contribution in [3.63, 3.8) is 0 Å². The van der Waals surface area contributed by atoms with Gasteiger partial charge in [-0.2, -0.15) is 0 Å². The fourth-order valence-electron chi connectivity index (χ4n) is 1.35. The summed E-state index contributed by atoms with van der Waals surface area (Å²) in [6.45, 7) is 6.18. The Hall–Kier alpha value is -1.77. The zero-order valence-electron chi connectivity index (χ0n) is 10.6. The summed E-state index contributed by atoms with van der Waals surface area (Å²) < 4.78 is 4.96. The second kappa shape index (κ2) is 6.74. The van der Waals surface area contributed by atoms with E-state index in [0.717, 1.165) is 5.69 Å². The lowest BCUT2D eigenvalue weighted by Gasteiger charge is -2.06. The molecule has 0 aliphatic rings. The monoisotopic (exact) mass is 233 g/mol. The van der Waals surface area contributed by atoms with E-state index in [4.69, 9.17) is 4.74 Å². The molecule has 0 saturated heterocycles. The zero-order valence-corrected chi connectivity index (χ0v) is 10.6. The van der Waals surface area contributed by atoms with Crippen LogP contribution in [0.5, 0.6) is 0 Å². The molecule has 0 heterocycles. The van der Waals surface area contributed by atoms with Gasteiger partial charge in [0.1, 0.15) is 0 Å². The molecular weight excluding hydrogens is 214 g/mol. The molecule has 0 aliphatic heterocycles. The molecule has 0 atom stereocenters. The molecule has 1 N–H and O–H groups in total. The molecule has 92 valence electrons. The number of esters is 1. The Morgan fingerprint density at radius 2 is 1.94 bits per heavy atom. The number of anilines is 1. The summed E-state index contributed by atoms with van der Waals surface area (Å²) in [4.78, 5) is 11.5. The Kier molecular flexibility index (Phi) is 5.27. The second-order valence-corrected chi connectivity index (χ2v) is 3.75. The van der Waals surface area contributed by atoms with E-state index in [9.17, 15) is 4.79 Å². The molecule has 0 aromatic heterocycles. The third-order valence-corrected chi connectivity index (χ3v) is 2.38. The average molecular weight is 233 g/mol. The van der Waals surface area contributed by atoms with Gasteiger partial charge in [0.25, 0.3) is 0 Å². The van der Waals surface area contributed by atoms with Crippen LogP contribution in [0.4, 0.5) is 5.69 Å². The summed E-state index contributed by atoms with van der Waals surface area (Å²) in [6, 6.07) is 7.99. The maximum Gasteiger partial charge on any atom is 0.335 e. The first-order chi connectivity index (χ1) is 8.17. The van der Waals surface area contributed by atoms with Crippen LogP contribution in [0, 0.1) is 6.92 Å². The standard InChI is InChI=1S/C14H19NO2/c1-4-12(14(16)17-5-2)10-15-13-8-6-11(3)7-9-13/h6-10,15H,4-5H2,1-3H3/b12-10+. The minimum Gasteiger partial charge on any atom is -0.463 e. The molecule has 0 radical (unpaired) electrons. The highest BCUT2D eigenvalue weighted by atomic mass is 16.5. The van der Waals surface area contributed by atoms with Gasteiger partial charge in [-0.05, 0) is 32.4 Å². The van der Waals surface area contributed by atoms with Crippen molar-refractivity contribution in [2.24, 2.45) is 0 Å². The number of ether oxygens (including phenoxy) is 1. The second-order valence-electron chi connectivity index (χ2n) is 3.75. The highest BCUT2D eigenvalue weighted by Gasteiger charge is 2.07. The van der Waals surface area contributed by atoms with Gasteiger partial charge in [-0.1, -0.05) is 24.6 Å². The van der Waals surface area contributed by atoms with Crippen LogP contribution in [-0.4, -0.2) is 12.6 Å². The summed E-state index contributed by atoms with van der Waals surface area (Å²) in [7, 11) is 0. The van der Waals surface area contributed by atoms with Crippen molar-refractivity contribution in [1.29, 1.82) is 0 Å². The maximum atomic E-state index is 11.5. The molecule has 1 rings (SSSR count). The number of rotatable bonds is 5. The topological polar surface area (TPSA) is 38.3 Å². The Balaban J connectivity index is 2.67. The van der Waals surface area contributed by atoms with Crippen molar-refractivity contribution in [2.75, 3.05) is 11.9 Å². The van der Waals surface area contributed by atoms with Gasteiger partial charge in [-0.3, -0.25) is 0 Å². The van der Waals surface area contributed by atoms with Gasteiger partial charge in [0, 0.05) is 11.9 Å². The summed E-state index contributed by atoms with van der Waals surface area (Å²) in [5.74, 6) is -0.255. The van der Waals surface area contributed by atoms with E-state index in [1.165, 1.54) is 5.56 Å². The van der Waals surface area contributed by atoms with Crippen LogP contribution in [0.2, 0.25) is 0 Å². The van der Waals surface area contributed by atoms with Gasteiger partial charge in [-0.15, -0.1) is 0 Å². The van der Waals surface area contributed by atoms with Crippen molar-refractivity contribution in [3.8, 4) is 0 Å². The van der Waals surface area contributed by atoms with Gasteiger partial charge in [0.2, 0.25) is 0 Å². The Labute approximate surface area is 102 Å². The first kappa shape index (κ1) is 13.3. The molecule has 0 bridgehead atoms. The molecule has 1 aromatic carbocycles. The molecule has 3 heteroatoms. The van der Waals surface area contributed by atoms with Crippen molar-refractivity contribution in [2.45, 2.75) is 27.2 Å². The van der Waals surface area contributed by atoms with Crippen molar-refractivity contribution >= 4 is 11.7 Å². The molecule has 0 saturated carbocycles. The molecule has 0 fully saturated rings. The molecule has 3 nitrogen and oxygen atoms in total. The minimum absolute atomic E-state index is 0.255. The lowest BCUT2D eigenvalue weighted by atomic mass is 10.2. The van der Waals surface area contributed by atoms with Crippen LogP contribution in [0.1, 0.15) is 25.8 Å². The third kappa shape index (κ3) is 4.31. The predicted octanol–water partition coefficient (Wildman–Crippen LogP) is 3.26. The highest BCUT2D eigenvalue weighted by Crippen LogP contribution is 2.10. The van der Waals surface area contributed by atoms with E-state index in [2.05, 4.69) is 5.32 Å². The number of benzene rings is 1. The van der Waals surface area contributed by atoms with Crippen LogP contribution in [-0.2, 0) is 9.53 Å². The normalized spacial score (nSPS) is 11.1. The first-order valence-corrected chi connectivity index (χ1v) is 5.86. The Bertz CT molecular complexity index is 393. The summed E-state index contributed by atoms with van der Waals surface area (Å²) >= 11 is 0. The van der Waals surface area contributed by atoms with Crippen molar-refractivity contribution < 1.29 is 9.53 Å². The Morgan fingerprint density at radius 1 is 1.29 bits per heavy atom. The van der Waals surface area contributed by atoms with Gasteiger partial charge < -0.3 is 10.1 Å². The van der Waals surface area contributed by atoms with Gasteiger partial charge >= 0.3 is 5.97 Å². The summed E-state index contributed by atoms with van der Waals surface area (Å²) in [5, 5.41) is 3.10. The van der Waals surface area contributed by atoms with Crippen LogP contribution < -0.4 is 5.32 Å². The number of hydrogen-bond donors (Lipinski definition) is 1. The first-order valence-electron chi connectivity index (χ1n) is 5.86. The number of carbonyl (C=O) groups excluding carboxylic acids is 1. The van der Waals surface area contributed by atoms with Crippen LogP contribution in [0.15, 0.2) is 36.0 Å². The largest absolute Gasteiger partial charge is 0.463 e. The maximum absolute atomic E-state index is 11.5. The van der Waals surface area contributed by atoms with Crippen LogP contribution >= 0.6 is 0 Å². The smallest absolute Gasteiger partial charge is 0.335 e.